The Morgan fingerprint density at radius 2 is 1.86 bits per heavy atom. The van der Waals surface area contributed by atoms with Crippen LogP contribution < -0.4 is 5.32 Å². The number of nitrogens with zero attached hydrogens (tertiary/aromatic N) is 3. The monoisotopic (exact) mass is 412 g/mol. The third kappa shape index (κ3) is 3.63. The van der Waals surface area contributed by atoms with Crippen molar-refractivity contribution in [3.05, 3.63) is 77.3 Å². The van der Waals surface area contributed by atoms with Crippen LogP contribution in [-0.4, -0.2) is 26.7 Å². The Balaban J connectivity index is 1.83. The van der Waals surface area contributed by atoms with E-state index in [0.717, 1.165) is 5.70 Å². The van der Waals surface area contributed by atoms with Crippen molar-refractivity contribution >= 4 is 22.9 Å². The minimum Gasteiger partial charge on any atom is -0.351 e. The average Bonchev–Trinajstić information content (AvgIpc) is 3.17. The molecular weight excluding hydrogens is 394 g/mol. The fourth-order valence-corrected chi connectivity index (χ4v) is 3.84. The summed E-state index contributed by atoms with van der Waals surface area (Å²) in [5, 5.41) is 7.79. The number of rotatable bonds is 4. The molecule has 8 heteroatoms. The average molecular weight is 412 g/mol. The van der Waals surface area contributed by atoms with Crippen molar-refractivity contribution in [2.24, 2.45) is 0 Å². The Bertz CT molecular complexity index is 1110. The lowest BCUT2D eigenvalue weighted by Crippen LogP contribution is -2.45. The molecule has 4 rings (SSSR count). The van der Waals surface area contributed by atoms with Crippen LogP contribution in [0.25, 0.3) is 17.0 Å². The molecule has 1 aromatic heterocycles. The third-order valence-corrected chi connectivity index (χ3v) is 5.17. The zero-order valence-electron chi connectivity index (χ0n) is 15.8. The Morgan fingerprint density at radius 1 is 1.14 bits per heavy atom. The number of halogens is 2. The summed E-state index contributed by atoms with van der Waals surface area (Å²) in [7, 11) is 0. The summed E-state index contributed by atoms with van der Waals surface area (Å²) >= 11 is 5.49. The van der Waals surface area contributed by atoms with Gasteiger partial charge in [-0.3, -0.25) is 0 Å². The second-order valence-electron chi connectivity index (χ2n) is 6.61. The molecule has 1 unspecified atom stereocenters. The molecule has 1 aliphatic rings. The molecule has 2 aromatic carbocycles. The van der Waals surface area contributed by atoms with Crippen molar-refractivity contribution in [1.82, 2.24) is 20.4 Å². The van der Waals surface area contributed by atoms with E-state index in [9.17, 15) is 8.78 Å². The molecule has 0 aliphatic carbocycles. The Hall–Kier alpha value is -3.13. The van der Waals surface area contributed by atoms with Gasteiger partial charge in [-0.05, 0) is 55.9 Å². The standard InChI is InChI=1S/C21H18F2N4OS/c1-3-27-12(2)17(18(24-21(27)29)13-6-4-8-15(22)10-13)20-25-19(26-28-20)14-7-5-9-16(23)11-14/h4-11,18H,3H2,1-2H3,(H,24,29). The van der Waals surface area contributed by atoms with Crippen molar-refractivity contribution < 1.29 is 13.3 Å². The van der Waals surface area contributed by atoms with Crippen LogP contribution in [0, 0.1) is 11.6 Å². The van der Waals surface area contributed by atoms with Crippen molar-refractivity contribution in [3.63, 3.8) is 0 Å². The zero-order valence-corrected chi connectivity index (χ0v) is 16.6. The van der Waals surface area contributed by atoms with Crippen molar-refractivity contribution in [2.45, 2.75) is 19.9 Å². The molecule has 1 aliphatic heterocycles. The highest BCUT2D eigenvalue weighted by molar-refractivity contribution is 7.80. The van der Waals surface area contributed by atoms with Gasteiger partial charge < -0.3 is 14.7 Å². The van der Waals surface area contributed by atoms with Crippen LogP contribution in [0.15, 0.2) is 58.8 Å². The maximum absolute atomic E-state index is 13.9. The van der Waals surface area contributed by atoms with Crippen LogP contribution in [0.4, 0.5) is 8.78 Å². The fourth-order valence-electron chi connectivity index (χ4n) is 3.45. The maximum atomic E-state index is 13.9. The fraction of sp³-hybridized carbons (Fsp3) is 0.190. The van der Waals surface area contributed by atoms with E-state index < -0.39 is 6.04 Å². The molecule has 0 saturated carbocycles. The highest BCUT2D eigenvalue weighted by Gasteiger charge is 2.33. The molecule has 1 atom stereocenters. The van der Waals surface area contributed by atoms with E-state index in [1.807, 2.05) is 24.8 Å². The lowest BCUT2D eigenvalue weighted by molar-refractivity contribution is 0.398. The van der Waals surface area contributed by atoms with Crippen LogP contribution in [-0.2, 0) is 0 Å². The molecule has 29 heavy (non-hydrogen) atoms. The van der Waals surface area contributed by atoms with Gasteiger partial charge in [-0.25, -0.2) is 8.78 Å². The van der Waals surface area contributed by atoms with Gasteiger partial charge in [0, 0.05) is 17.8 Å². The van der Waals surface area contributed by atoms with Crippen LogP contribution in [0.1, 0.15) is 31.3 Å². The first-order valence-electron chi connectivity index (χ1n) is 9.12. The summed E-state index contributed by atoms with van der Waals surface area (Å²) in [5.74, 6) is -0.196. The summed E-state index contributed by atoms with van der Waals surface area (Å²) < 4.78 is 33.0. The van der Waals surface area contributed by atoms with E-state index in [2.05, 4.69) is 15.5 Å². The summed E-state index contributed by atoms with van der Waals surface area (Å²) in [4.78, 5) is 6.39. The summed E-state index contributed by atoms with van der Waals surface area (Å²) in [6, 6.07) is 11.8. The molecule has 0 spiro atoms. The molecule has 0 radical (unpaired) electrons. The molecule has 0 fully saturated rings. The predicted octanol–water partition coefficient (Wildman–Crippen LogP) is 4.70. The quantitative estimate of drug-likeness (QED) is 0.627. The highest BCUT2D eigenvalue weighted by atomic mass is 32.1. The second-order valence-corrected chi connectivity index (χ2v) is 7.00. The van der Waals surface area contributed by atoms with Gasteiger partial charge in [-0.1, -0.05) is 29.4 Å². The number of nitrogens with one attached hydrogen (secondary N) is 1. The van der Waals surface area contributed by atoms with Gasteiger partial charge in [-0.15, -0.1) is 0 Å². The molecule has 3 aromatic rings. The molecular formula is C21H18F2N4OS. The predicted molar refractivity (Wildman–Crippen MR) is 110 cm³/mol. The smallest absolute Gasteiger partial charge is 0.258 e. The van der Waals surface area contributed by atoms with Crippen molar-refractivity contribution in [2.75, 3.05) is 6.54 Å². The largest absolute Gasteiger partial charge is 0.351 e. The van der Waals surface area contributed by atoms with Gasteiger partial charge in [0.2, 0.25) is 5.82 Å². The van der Waals surface area contributed by atoms with E-state index in [1.54, 1.807) is 18.2 Å². The Labute approximate surface area is 172 Å². The van der Waals surface area contributed by atoms with Gasteiger partial charge in [0.25, 0.3) is 5.89 Å². The Morgan fingerprint density at radius 3 is 2.55 bits per heavy atom. The topological polar surface area (TPSA) is 54.2 Å². The molecule has 0 amide bonds. The number of benzene rings is 2. The van der Waals surface area contributed by atoms with Gasteiger partial charge in [0.15, 0.2) is 5.11 Å². The molecule has 5 nitrogen and oxygen atoms in total. The van der Waals surface area contributed by atoms with E-state index >= 15 is 0 Å². The number of hydrogen-bond acceptors (Lipinski definition) is 4. The Kier molecular flexibility index (Phi) is 5.10. The minimum absolute atomic E-state index is 0.268. The van der Waals surface area contributed by atoms with Crippen LogP contribution in [0.3, 0.4) is 0 Å². The zero-order chi connectivity index (χ0) is 20.5. The summed E-state index contributed by atoms with van der Waals surface area (Å²) in [6.45, 7) is 4.52. The molecule has 0 saturated heterocycles. The number of thiocarbonyl (C=S) groups is 1. The number of hydrogen-bond donors (Lipinski definition) is 1. The first-order chi connectivity index (χ1) is 14.0. The van der Waals surface area contributed by atoms with Crippen molar-refractivity contribution in [3.8, 4) is 11.4 Å². The van der Waals surface area contributed by atoms with Crippen LogP contribution >= 0.6 is 12.2 Å². The molecule has 0 bridgehead atoms. The molecule has 148 valence electrons. The number of aromatic nitrogens is 2. The van der Waals surface area contributed by atoms with E-state index in [0.29, 0.717) is 28.4 Å². The lowest BCUT2D eigenvalue weighted by atomic mass is 9.94. The third-order valence-electron chi connectivity index (χ3n) is 4.83. The minimum atomic E-state index is -0.457. The van der Waals surface area contributed by atoms with Gasteiger partial charge >= 0.3 is 0 Å². The van der Waals surface area contributed by atoms with Crippen LogP contribution in [0.2, 0.25) is 0 Å². The maximum Gasteiger partial charge on any atom is 0.258 e. The summed E-state index contributed by atoms with van der Waals surface area (Å²) in [6.07, 6.45) is 0. The highest BCUT2D eigenvalue weighted by Crippen LogP contribution is 2.37. The van der Waals surface area contributed by atoms with Crippen LogP contribution in [0.5, 0.6) is 0 Å². The first kappa shape index (κ1) is 19.2. The van der Waals surface area contributed by atoms with Gasteiger partial charge in [-0.2, -0.15) is 4.98 Å². The van der Waals surface area contributed by atoms with E-state index in [1.165, 1.54) is 24.3 Å². The molecule has 2 heterocycles. The van der Waals surface area contributed by atoms with Gasteiger partial charge in [0.1, 0.15) is 11.6 Å². The van der Waals surface area contributed by atoms with Gasteiger partial charge in [0.05, 0.1) is 11.6 Å². The normalized spacial score (nSPS) is 16.9. The van der Waals surface area contributed by atoms with Crippen molar-refractivity contribution in [1.29, 1.82) is 0 Å². The lowest BCUT2D eigenvalue weighted by Gasteiger charge is -2.36. The number of allylic oxidation sites excluding steroid dienone is 1. The van der Waals surface area contributed by atoms with E-state index in [-0.39, 0.29) is 23.3 Å². The SMILES string of the molecule is CCN1C(=S)NC(c2cccc(F)c2)C(c2nc(-c3cccc(F)c3)no2)=C1C. The molecule has 1 N–H and O–H groups in total. The second kappa shape index (κ2) is 7.71. The van der Waals surface area contributed by atoms with E-state index in [4.69, 9.17) is 16.7 Å². The summed E-state index contributed by atoms with van der Waals surface area (Å²) in [5.41, 5.74) is 2.72. The first-order valence-corrected chi connectivity index (χ1v) is 9.53.